The molecule has 260 valence electrons. The average Bonchev–Trinajstić information content (AvgIpc) is 3.86. The Morgan fingerprint density at radius 1 is 0.820 bits per heavy atom. The van der Waals surface area contributed by atoms with Crippen LogP contribution in [0.5, 0.6) is 0 Å². The molecule has 5 aromatic rings. The molecule has 1 saturated carbocycles. The lowest BCUT2D eigenvalue weighted by Gasteiger charge is -2.36. The second kappa shape index (κ2) is 12.2. The molecule has 3 aromatic heterocycles. The van der Waals surface area contributed by atoms with E-state index in [9.17, 15) is 9.59 Å². The highest BCUT2D eigenvalue weighted by atomic mass is 32.2. The zero-order valence-corrected chi connectivity index (χ0v) is 28.9. The number of piperazine rings is 2. The molecule has 2 saturated heterocycles. The zero-order valence-electron chi connectivity index (χ0n) is 28.1. The third kappa shape index (κ3) is 5.22. The molecule has 0 spiro atoms. The van der Waals surface area contributed by atoms with Gasteiger partial charge in [-0.3, -0.25) is 9.59 Å². The highest BCUT2D eigenvalue weighted by Gasteiger charge is 2.31. The van der Waals surface area contributed by atoms with E-state index in [1.54, 1.807) is 30.2 Å². The molecule has 3 aliphatic heterocycles. The number of nitrogens with zero attached hydrogens (tertiary/aromatic N) is 8. The molecule has 0 radical (unpaired) electrons. The molecule has 9 rings (SSSR count). The molecular weight excluding hydrogens is 663 g/mol. The number of benzene rings is 2. The number of thioether (sulfide) groups is 1. The van der Waals surface area contributed by atoms with Gasteiger partial charge in [0.25, 0.3) is 11.8 Å². The molecular formula is C36H38F2N8O3S. The average molecular weight is 701 g/mol. The third-order valence-corrected chi connectivity index (χ3v) is 11.8. The van der Waals surface area contributed by atoms with E-state index in [1.807, 2.05) is 9.13 Å². The van der Waals surface area contributed by atoms with Gasteiger partial charge in [0.1, 0.15) is 22.8 Å². The number of hydrogen-bond donors (Lipinski definition) is 0. The maximum Gasteiger partial charge on any atom is 0.253 e. The first-order valence-electron chi connectivity index (χ1n) is 17.4. The lowest BCUT2D eigenvalue weighted by molar-refractivity contribution is 0.270. The highest BCUT2D eigenvalue weighted by Crippen LogP contribution is 2.42. The number of pyridine rings is 2. The SMILES string of the molecule is CCN1CCN(c2cc3c(cc2F)c(=O)c(-c2nnc(-c4cn5c6c(c(N7CCN(C)CC7)c(F)cc6c4=O)SCC5)o2)cn3C2CC2)CC1. The van der Waals surface area contributed by atoms with Crippen LogP contribution in [-0.2, 0) is 6.54 Å². The normalized spacial score (nSPS) is 18.9. The van der Waals surface area contributed by atoms with Gasteiger partial charge in [0.15, 0.2) is 0 Å². The van der Waals surface area contributed by atoms with Crippen LogP contribution in [0.25, 0.3) is 44.7 Å². The van der Waals surface area contributed by atoms with Gasteiger partial charge in [-0.1, -0.05) is 6.92 Å². The molecule has 0 bridgehead atoms. The summed E-state index contributed by atoms with van der Waals surface area (Å²) in [6, 6.07) is 4.64. The Bertz CT molecular complexity index is 2280. The number of halogens is 2. The predicted molar refractivity (Wildman–Crippen MR) is 192 cm³/mol. The lowest BCUT2D eigenvalue weighted by Crippen LogP contribution is -2.46. The van der Waals surface area contributed by atoms with Crippen LogP contribution in [0.3, 0.4) is 0 Å². The summed E-state index contributed by atoms with van der Waals surface area (Å²) in [7, 11) is 2.06. The van der Waals surface area contributed by atoms with E-state index in [1.165, 1.54) is 12.1 Å². The van der Waals surface area contributed by atoms with Crippen molar-refractivity contribution < 1.29 is 13.2 Å². The van der Waals surface area contributed by atoms with Gasteiger partial charge in [0.05, 0.1) is 32.7 Å². The van der Waals surface area contributed by atoms with Gasteiger partial charge in [0.2, 0.25) is 10.9 Å². The fourth-order valence-corrected chi connectivity index (χ4v) is 8.90. The molecule has 0 amide bonds. The van der Waals surface area contributed by atoms with E-state index >= 15 is 8.78 Å². The Labute approximate surface area is 291 Å². The highest BCUT2D eigenvalue weighted by molar-refractivity contribution is 7.99. The molecule has 6 heterocycles. The smallest absolute Gasteiger partial charge is 0.253 e. The van der Waals surface area contributed by atoms with Crippen LogP contribution in [0.4, 0.5) is 20.2 Å². The number of anilines is 2. The van der Waals surface area contributed by atoms with Gasteiger partial charge >= 0.3 is 0 Å². The van der Waals surface area contributed by atoms with Gasteiger partial charge in [-0.2, -0.15) is 0 Å². The Morgan fingerprint density at radius 2 is 1.48 bits per heavy atom. The Kier molecular flexibility index (Phi) is 7.73. The Balaban J connectivity index is 1.11. The van der Waals surface area contributed by atoms with Gasteiger partial charge in [-0.15, -0.1) is 22.0 Å². The van der Waals surface area contributed by atoms with Crippen LogP contribution in [0.1, 0.15) is 25.8 Å². The number of likely N-dealkylation sites (N-methyl/N-ethyl adjacent to an activating group) is 2. The van der Waals surface area contributed by atoms with Crippen molar-refractivity contribution in [1.82, 2.24) is 29.1 Å². The fourth-order valence-electron chi connectivity index (χ4n) is 7.68. The minimum absolute atomic E-state index is 0.0487. The molecule has 3 fully saturated rings. The van der Waals surface area contributed by atoms with Gasteiger partial charge < -0.3 is 33.2 Å². The largest absolute Gasteiger partial charge is 0.416 e. The standard InChI is InChI=1S/C36H38F2N8O3S/c1-3-42-8-12-43(13-9-42)29-18-28-22(16-26(29)37)32(47)25(20-46(28)21-4-5-21)36-40-39-35(49-36)24-19-45-14-15-50-34-30(45)23(33(24)48)17-27(38)31(34)44-10-6-41(2)7-11-44/h16-21H,3-15H2,1-2H3. The summed E-state index contributed by atoms with van der Waals surface area (Å²) in [5.74, 6) is -0.246. The monoisotopic (exact) mass is 700 g/mol. The molecule has 0 unspecified atom stereocenters. The minimum Gasteiger partial charge on any atom is -0.416 e. The first kappa shape index (κ1) is 31.7. The molecule has 11 nitrogen and oxygen atoms in total. The third-order valence-electron chi connectivity index (χ3n) is 10.7. The van der Waals surface area contributed by atoms with E-state index in [-0.39, 0.29) is 39.7 Å². The van der Waals surface area contributed by atoms with Crippen LogP contribution in [0.2, 0.25) is 0 Å². The summed E-state index contributed by atoms with van der Waals surface area (Å²) < 4.78 is 41.7. The van der Waals surface area contributed by atoms with Crippen LogP contribution < -0.4 is 20.7 Å². The van der Waals surface area contributed by atoms with E-state index in [0.29, 0.717) is 60.9 Å². The van der Waals surface area contributed by atoms with Crippen molar-refractivity contribution >= 4 is 44.9 Å². The van der Waals surface area contributed by atoms with Crippen molar-refractivity contribution in [3.63, 3.8) is 0 Å². The summed E-state index contributed by atoms with van der Waals surface area (Å²) in [4.78, 5) is 37.4. The van der Waals surface area contributed by atoms with Crippen molar-refractivity contribution in [2.75, 3.05) is 81.5 Å². The molecule has 50 heavy (non-hydrogen) atoms. The van der Waals surface area contributed by atoms with E-state index in [0.717, 1.165) is 50.5 Å². The van der Waals surface area contributed by atoms with Crippen molar-refractivity contribution in [2.24, 2.45) is 0 Å². The summed E-state index contributed by atoms with van der Waals surface area (Å²) in [6.07, 6.45) is 5.32. The van der Waals surface area contributed by atoms with Gasteiger partial charge in [-0.25, -0.2) is 8.78 Å². The predicted octanol–water partition coefficient (Wildman–Crippen LogP) is 4.65. The maximum absolute atomic E-state index is 15.9. The summed E-state index contributed by atoms with van der Waals surface area (Å²) >= 11 is 1.58. The van der Waals surface area contributed by atoms with Gasteiger partial charge in [0, 0.05) is 88.5 Å². The van der Waals surface area contributed by atoms with Crippen LogP contribution in [0, 0.1) is 11.6 Å². The molecule has 1 aliphatic carbocycles. The van der Waals surface area contributed by atoms with Crippen LogP contribution >= 0.6 is 11.8 Å². The van der Waals surface area contributed by atoms with Gasteiger partial charge in [-0.05, 0) is 44.6 Å². The lowest BCUT2D eigenvalue weighted by atomic mass is 10.1. The molecule has 0 atom stereocenters. The number of fused-ring (bicyclic) bond motifs is 1. The first-order valence-corrected chi connectivity index (χ1v) is 18.4. The molecule has 4 aliphatic rings. The topological polar surface area (TPSA) is 95.9 Å². The Morgan fingerprint density at radius 3 is 2.18 bits per heavy atom. The maximum atomic E-state index is 15.9. The zero-order chi connectivity index (χ0) is 34.3. The van der Waals surface area contributed by atoms with E-state index in [4.69, 9.17) is 4.42 Å². The van der Waals surface area contributed by atoms with Crippen molar-refractivity contribution in [3.8, 4) is 22.9 Å². The molecule has 2 aromatic carbocycles. The summed E-state index contributed by atoms with van der Waals surface area (Å²) in [5.41, 5.74) is 1.90. The van der Waals surface area contributed by atoms with E-state index < -0.39 is 22.5 Å². The van der Waals surface area contributed by atoms with E-state index in [2.05, 4.69) is 43.8 Å². The fraction of sp³-hybridized carbons (Fsp3) is 0.444. The summed E-state index contributed by atoms with van der Waals surface area (Å²) in [5, 5.41) is 8.92. The first-order chi connectivity index (χ1) is 24.3. The number of rotatable bonds is 6. The minimum atomic E-state index is -0.441. The molecule has 14 heteroatoms. The van der Waals surface area contributed by atoms with Crippen molar-refractivity contribution in [3.05, 3.63) is 62.7 Å². The second-order valence-corrected chi connectivity index (χ2v) is 14.9. The number of hydrogen-bond acceptors (Lipinski definition) is 10. The quantitative estimate of drug-likeness (QED) is 0.249. The number of aromatic nitrogens is 4. The van der Waals surface area contributed by atoms with Crippen molar-refractivity contribution in [2.45, 2.75) is 37.2 Å². The number of aryl methyl sites for hydroxylation is 1. The Hall–Kier alpha value is -4.27. The van der Waals surface area contributed by atoms with Crippen LogP contribution in [-0.4, -0.2) is 101 Å². The van der Waals surface area contributed by atoms with Crippen molar-refractivity contribution in [1.29, 1.82) is 0 Å². The van der Waals surface area contributed by atoms with Crippen LogP contribution in [0.15, 0.2) is 49.5 Å². The molecule has 0 N–H and O–H groups in total. The summed E-state index contributed by atoms with van der Waals surface area (Å²) in [6.45, 7) is 9.95. The second-order valence-electron chi connectivity index (χ2n) is 13.8.